The number of pyridine rings is 1. The number of carbonyl (C=O) groups excluding carboxylic acids is 2. The third-order valence-corrected chi connectivity index (χ3v) is 5.67. The molecule has 0 aliphatic heterocycles. The highest BCUT2D eigenvalue weighted by Gasteiger charge is 2.38. The first kappa shape index (κ1) is 20.6. The van der Waals surface area contributed by atoms with E-state index in [1.54, 1.807) is 38.7 Å². The molecule has 0 saturated carbocycles. The molecule has 2 aromatic heterocycles. The summed E-state index contributed by atoms with van der Waals surface area (Å²) < 4.78 is 15.7. The van der Waals surface area contributed by atoms with Crippen molar-refractivity contribution in [3.63, 3.8) is 0 Å². The summed E-state index contributed by atoms with van der Waals surface area (Å²) in [5, 5.41) is 3.02. The second-order valence-corrected chi connectivity index (χ2v) is 7.97. The number of amides is 2. The quantitative estimate of drug-likeness (QED) is 0.510. The number of nitrogens with zero attached hydrogens (tertiary/aromatic N) is 3. The molecule has 3 rings (SSSR count). The predicted octanol–water partition coefficient (Wildman–Crippen LogP) is 2.50. The van der Waals surface area contributed by atoms with Gasteiger partial charge in [0.05, 0.1) is 35.4 Å². The first-order valence-electron chi connectivity index (χ1n) is 8.89. The van der Waals surface area contributed by atoms with Crippen LogP contribution in [0.25, 0.3) is 10.2 Å². The lowest BCUT2D eigenvalue weighted by atomic mass is 10.1. The minimum absolute atomic E-state index is 0.0297. The highest BCUT2D eigenvalue weighted by molar-refractivity contribution is 7.16. The van der Waals surface area contributed by atoms with Crippen LogP contribution in [0.4, 0.5) is 21.7 Å². The molecule has 0 aliphatic carbocycles. The first-order chi connectivity index (χ1) is 13.6. The van der Waals surface area contributed by atoms with Crippen molar-refractivity contribution < 1.29 is 14.0 Å². The van der Waals surface area contributed by atoms with E-state index in [0.29, 0.717) is 12.1 Å². The van der Waals surface area contributed by atoms with Crippen molar-refractivity contribution >= 4 is 50.7 Å². The maximum Gasteiger partial charge on any atom is 0.276 e. The molecule has 2 heterocycles. The average Bonchev–Trinajstić information content (AvgIpc) is 3.10. The second-order valence-electron chi connectivity index (χ2n) is 7.08. The van der Waals surface area contributed by atoms with E-state index in [1.165, 1.54) is 11.3 Å². The molecule has 0 aliphatic rings. The Hall–Kier alpha value is -3.11. The molecule has 2 amide bonds. The number of carbonyl (C=O) groups is 2. The van der Waals surface area contributed by atoms with Gasteiger partial charge in [-0.05, 0) is 24.3 Å². The lowest BCUT2D eigenvalue weighted by molar-refractivity contribution is -0.122. The topological polar surface area (TPSA) is 124 Å². The number of nitrogens with one attached hydrogen (secondary N) is 1. The minimum atomic E-state index is -0.826. The summed E-state index contributed by atoms with van der Waals surface area (Å²) in [6, 6.07) is 5.80. The van der Waals surface area contributed by atoms with Crippen molar-refractivity contribution in [1.82, 2.24) is 14.5 Å². The van der Waals surface area contributed by atoms with Gasteiger partial charge in [-0.15, -0.1) is 11.3 Å². The van der Waals surface area contributed by atoms with Crippen molar-refractivity contribution in [1.29, 1.82) is 0 Å². The zero-order chi connectivity index (χ0) is 21.3. The lowest BCUT2D eigenvalue weighted by Gasteiger charge is -2.34. The molecule has 1 unspecified atom stereocenters. The maximum absolute atomic E-state index is 14.9. The minimum Gasteiger partial charge on any atom is -0.365 e. The number of likely N-dealkylation sites (N-methyl/N-ethyl adjacent to an activating group) is 1. The van der Waals surface area contributed by atoms with Gasteiger partial charge in [-0.25, -0.2) is 4.98 Å². The Balaban J connectivity index is 2.10. The number of hydrogen-bond acceptors (Lipinski definition) is 6. The van der Waals surface area contributed by atoms with Crippen molar-refractivity contribution in [2.75, 3.05) is 19.4 Å². The normalized spacial score (nSPS) is 12.7. The van der Waals surface area contributed by atoms with Gasteiger partial charge in [0.25, 0.3) is 17.6 Å². The van der Waals surface area contributed by atoms with E-state index in [-0.39, 0.29) is 21.7 Å². The number of fused-ring (bicyclic) bond motifs is 1. The van der Waals surface area contributed by atoms with E-state index < -0.39 is 23.7 Å². The Labute approximate surface area is 170 Å². The second kappa shape index (κ2) is 7.72. The Bertz CT molecular complexity index is 1100. The molecule has 3 aromatic rings. The maximum atomic E-state index is 14.9. The highest BCUT2D eigenvalue weighted by Crippen LogP contribution is 2.31. The van der Waals surface area contributed by atoms with Crippen LogP contribution in [0.5, 0.6) is 0 Å². The van der Waals surface area contributed by atoms with Gasteiger partial charge >= 0.3 is 0 Å². The molecule has 0 saturated heterocycles. The smallest absolute Gasteiger partial charge is 0.276 e. The van der Waals surface area contributed by atoms with Gasteiger partial charge in [0.2, 0.25) is 5.82 Å². The number of aromatic nitrogens is 2. The number of rotatable bonds is 7. The third kappa shape index (κ3) is 3.89. The van der Waals surface area contributed by atoms with Gasteiger partial charge in [-0.2, -0.15) is 9.37 Å². The van der Waals surface area contributed by atoms with Gasteiger partial charge < -0.3 is 16.8 Å². The van der Waals surface area contributed by atoms with Crippen LogP contribution < -0.4 is 21.3 Å². The van der Waals surface area contributed by atoms with E-state index in [2.05, 4.69) is 15.3 Å². The van der Waals surface area contributed by atoms with E-state index in [9.17, 15) is 14.0 Å². The third-order valence-electron chi connectivity index (χ3n) is 4.86. The van der Waals surface area contributed by atoms with Crippen LogP contribution in [-0.2, 0) is 4.79 Å². The van der Waals surface area contributed by atoms with Crippen molar-refractivity contribution in [2.24, 2.45) is 11.5 Å². The SMILES string of the molecule is CCC(C(N)=O)[N+](C)(C)c1nc(Nc2ccc3scnc3c2)c(C(N)=O)cc1F. The van der Waals surface area contributed by atoms with E-state index in [4.69, 9.17) is 11.5 Å². The number of benzene rings is 1. The lowest BCUT2D eigenvalue weighted by Crippen LogP contribution is -2.56. The number of halogens is 1. The number of quaternary nitrogens is 1. The zero-order valence-electron chi connectivity index (χ0n) is 16.3. The first-order valence-corrected chi connectivity index (χ1v) is 9.77. The predicted molar refractivity (Wildman–Crippen MR) is 113 cm³/mol. The average molecular weight is 417 g/mol. The van der Waals surface area contributed by atoms with Crippen LogP contribution in [0, 0.1) is 5.82 Å². The van der Waals surface area contributed by atoms with Crippen molar-refractivity contribution in [2.45, 2.75) is 19.4 Å². The number of anilines is 2. The summed E-state index contributed by atoms with van der Waals surface area (Å²) in [7, 11) is 3.28. The molecule has 5 N–H and O–H groups in total. The van der Waals surface area contributed by atoms with Crippen molar-refractivity contribution in [3.8, 4) is 0 Å². The van der Waals surface area contributed by atoms with Crippen LogP contribution in [0.3, 0.4) is 0 Å². The molecular weight excluding hydrogens is 395 g/mol. The number of nitrogens with two attached hydrogens (primary N) is 2. The Morgan fingerprint density at radius 1 is 1.28 bits per heavy atom. The molecular formula is C19H22FN6O2S+. The number of primary amides is 2. The van der Waals surface area contributed by atoms with Crippen LogP contribution in [-0.4, -0.2) is 41.9 Å². The van der Waals surface area contributed by atoms with Gasteiger partial charge in [-0.3, -0.25) is 14.1 Å². The molecule has 8 nitrogen and oxygen atoms in total. The molecule has 10 heteroatoms. The zero-order valence-corrected chi connectivity index (χ0v) is 17.1. The molecule has 152 valence electrons. The Morgan fingerprint density at radius 3 is 2.62 bits per heavy atom. The van der Waals surface area contributed by atoms with Crippen LogP contribution in [0.2, 0.25) is 0 Å². The van der Waals surface area contributed by atoms with Crippen LogP contribution >= 0.6 is 11.3 Å². The molecule has 0 spiro atoms. The van der Waals surface area contributed by atoms with Crippen LogP contribution in [0.1, 0.15) is 23.7 Å². The number of thiazole rings is 1. The summed E-state index contributed by atoms with van der Waals surface area (Å²) >= 11 is 1.50. The fraction of sp³-hybridized carbons (Fsp3) is 0.263. The summed E-state index contributed by atoms with van der Waals surface area (Å²) in [4.78, 5) is 32.3. The molecule has 0 bridgehead atoms. The van der Waals surface area contributed by atoms with Crippen molar-refractivity contribution in [3.05, 3.63) is 41.2 Å². The van der Waals surface area contributed by atoms with E-state index >= 15 is 0 Å². The van der Waals surface area contributed by atoms with Gasteiger partial charge in [-0.1, -0.05) is 6.92 Å². The van der Waals surface area contributed by atoms with E-state index in [0.717, 1.165) is 16.3 Å². The molecule has 1 aromatic carbocycles. The fourth-order valence-electron chi connectivity index (χ4n) is 3.36. The molecule has 0 radical (unpaired) electrons. The largest absolute Gasteiger partial charge is 0.365 e. The van der Waals surface area contributed by atoms with Gasteiger partial charge in [0.15, 0.2) is 6.04 Å². The Kier molecular flexibility index (Phi) is 5.49. The molecule has 1 atom stereocenters. The molecule has 29 heavy (non-hydrogen) atoms. The van der Waals surface area contributed by atoms with Gasteiger partial charge in [0, 0.05) is 12.1 Å². The molecule has 0 fully saturated rings. The fourth-order valence-corrected chi connectivity index (χ4v) is 4.02. The summed E-state index contributed by atoms with van der Waals surface area (Å²) in [6.45, 7) is 1.79. The van der Waals surface area contributed by atoms with E-state index in [1.807, 2.05) is 6.07 Å². The summed E-state index contributed by atoms with van der Waals surface area (Å²) in [6.07, 6.45) is 0.393. The monoisotopic (exact) mass is 417 g/mol. The standard InChI is InChI=1S/C19H21FN6O2S/c1-4-14(17(22)28)26(2,3)19-12(20)8-11(16(21)27)18(25-19)24-10-5-6-15-13(7-10)23-9-29-15/h5-9,14H,4H2,1-3H3,(H4-,21,22,24,25,27,28)/p+1. The summed E-state index contributed by atoms with van der Waals surface area (Å²) in [5.74, 6) is -2.08. The van der Waals surface area contributed by atoms with Crippen LogP contribution in [0.15, 0.2) is 29.8 Å². The summed E-state index contributed by atoms with van der Waals surface area (Å²) in [5.41, 5.74) is 14.0. The van der Waals surface area contributed by atoms with Gasteiger partial charge in [0.1, 0.15) is 5.82 Å². The Morgan fingerprint density at radius 2 is 2.00 bits per heavy atom. The number of hydrogen-bond donors (Lipinski definition) is 3. The highest BCUT2D eigenvalue weighted by atomic mass is 32.1.